The molecule has 2 aromatic carbocycles. The Labute approximate surface area is 141 Å². The molecule has 0 heterocycles. The minimum Gasteiger partial charge on any atom is -0.389 e. The number of rotatable bonds is 4. The smallest absolute Gasteiger partial charge is 0.261 e. The van der Waals surface area contributed by atoms with Crippen LogP contribution < -0.4 is 10.5 Å². The number of nitrogens with two attached hydrogens (primary N) is 1. The van der Waals surface area contributed by atoms with E-state index in [-0.39, 0.29) is 15.6 Å². The van der Waals surface area contributed by atoms with Gasteiger partial charge in [0.1, 0.15) is 4.99 Å². The van der Waals surface area contributed by atoms with Crippen LogP contribution in [0.5, 0.6) is 0 Å². The van der Waals surface area contributed by atoms with Crippen molar-refractivity contribution >= 4 is 60.4 Å². The summed E-state index contributed by atoms with van der Waals surface area (Å²) in [5.74, 6) is 0. The SMILES string of the molecule is NC(=S)c1cccc(S(=O)(=O)Nc2cc(Br)ccc2Cl)c1. The van der Waals surface area contributed by atoms with Gasteiger partial charge in [-0.1, -0.05) is 51.9 Å². The lowest BCUT2D eigenvalue weighted by atomic mass is 10.2. The van der Waals surface area contributed by atoms with Gasteiger partial charge in [-0.05, 0) is 30.3 Å². The van der Waals surface area contributed by atoms with Gasteiger partial charge < -0.3 is 5.73 Å². The molecule has 110 valence electrons. The molecule has 21 heavy (non-hydrogen) atoms. The van der Waals surface area contributed by atoms with Gasteiger partial charge >= 0.3 is 0 Å². The summed E-state index contributed by atoms with van der Waals surface area (Å²) in [7, 11) is -3.78. The highest BCUT2D eigenvalue weighted by molar-refractivity contribution is 9.10. The Morgan fingerprint density at radius 3 is 2.62 bits per heavy atom. The highest BCUT2D eigenvalue weighted by Gasteiger charge is 2.16. The van der Waals surface area contributed by atoms with Gasteiger partial charge in [-0.3, -0.25) is 4.72 Å². The van der Waals surface area contributed by atoms with Crippen LogP contribution in [0.3, 0.4) is 0 Å². The molecule has 0 aromatic heterocycles. The number of thiocarbonyl (C=S) groups is 1. The van der Waals surface area contributed by atoms with Crippen LogP contribution in [0.2, 0.25) is 5.02 Å². The van der Waals surface area contributed by atoms with Crippen molar-refractivity contribution in [3.8, 4) is 0 Å². The highest BCUT2D eigenvalue weighted by atomic mass is 79.9. The van der Waals surface area contributed by atoms with Gasteiger partial charge in [-0.15, -0.1) is 0 Å². The second-order valence-corrected chi connectivity index (χ2v) is 7.57. The molecule has 2 aromatic rings. The third-order valence-corrected chi connectivity index (χ3v) is 5.02. The number of anilines is 1. The summed E-state index contributed by atoms with van der Waals surface area (Å²) >= 11 is 14.1. The van der Waals surface area contributed by atoms with E-state index in [0.717, 1.165) is 0 Å². The van der Waals surface area contributed by atoms with E-state index in [2.05, 4.69) is 20.7 Å². The van der Waals surface area contributed by atoms with Crippen LogP contribution in [0.1, 0.15) is 5.56 Å². The second kappa shape index (κ2) is 6.31. The molecule has 0 aliphatic rings. The van der Waals surface area contributed by atoms with E-state index >= 15 is 0 Å². The van der Waals surface area contributed by atoms with Crippen LogP contribution in [-0.4, -0.2) is 13.4 Å². The zero-order valence-corrected chi connectivity index (χ0v) is 14.5. The molecular weight excluding hydrogens is 396 g/mol. The Morgan fingerprint density at radius 1 is 1.24 bits per heavy atom. The third-order valence-electron chi connectivity index (χ3n) is 2.60. The van der Waals surface area contributed by atoms with Gasteiger partial charge in [0.15, 0.2) is 0 Å². The molecule has 0 saturated heterocycles. The van der Waals surface area contributed by atoms with Crippen molar-refractivity contribution < 1.29 is 8.42 Å². The fraction of sp³-hybridized carbons (Fsp3) is 0. The Kier molecular flexibility index (Phi) is 4.88. The Bertz CT molecular complexity index is 810. The molecule has 0 aliphatic carbocycles. The molecule has 0 amide bonds. The first kappa shape index (κ1) is 16.2. The van der Waals surface area contributed by atoms with Crippen molar-refractivity contribution in [2.45, 2.75) is 4.90 Å². The Morgan fingerprint density at radius 2 is 1.95 bits per heavy atom. The largest absolute Gasteiger partial charge is 0.389 e. The van der Waals surface area contributed by atoms with Crippen molar-refractivity contribution in [1.82, 2.24) is 0 Å². The van der Waals surface area contributed by atoms with Crippen molar-refractivity contribution in [1.29, 1.82) is 0 Å². The summed E-state index contributed by atoms with van der Waals surface area (Å²) in [6.07, 6.45) is 0. The van der Waals surface area contributed by atoms with Gasteiger partial charge in [0, 0.05) is 10.0 Å². The molecular formula is C13H10BrClN2O2S2. The maximum Gasteiger partial charge on any atom is 0.261 e. The number of hydrogen-bond donors (Lipinski definition) is 2. The Balaban J connectivity index is 2.41. The monoisotopic (exact) mass is 404 g/mol. The molecule has 3 N–H and O–H groups in total. The molecule has 0 radical (unpaired) electrons. The molecule has 0 fully saturated rings. The molecule has 0 spiro atoms. The first-order valence-electron chi connectivity index (χ1n) is 5.67. The zero-order valence-electron chi connectivity index (χ0n) is 10.5. The number of nitrogens with one attached hydrogen (secondary N) is 1. The van der Waals surface area contributed by atoms with E-state index in [1.807, 2.05) is 0 Å². The average molecular weight is 406 g/mol. The van der Waals surface area contributed by atoms with E-state index in [9.17, 15) is 8.42 Å². The van der Waals surface area contributed by atoms with Gasteiger partial charge in [0.25, 0.3) is 10.0 Å². The number of benzene rings is 2. The van der Waals surface area contributed by atoms with Crippen LogP contribution >= 0.6 is 39.7 Å². The fourth-order valence-electron chi connectivity index (χ4n) is 1.60. The third kappa shape index (κ3) is 3.94. The molecule has 0 bridgehead atoms. The summed E-state index contributed by atoms with van der Waals surface area (Å²) in [6.45, 7) is 0. The Hall–Kier alpha value is -1.15. The minimum atomic E-state index is -3.78. The molecule has 0 atom stereocenters. The summed E-state index contributed by atoms with van der Waals surface area (Å²) in [5, 5.41) is 0.298. The quantitative estimate of drug-likeness (QED) is 0.763. The molecule has 2 rings (SSSR count). The van der Waals surface area contributed by atoms with Crippen LogP contribution in [0.25, 0.3) is 0 Å². The predicted molar refractivity (Wildman–Crippen MR) is 92.3 cm³/mol. The molecule has 0 saturated carbocycles. The van der Waals surface area contributed by atoms with Gasteiger partial charge in [0.05, 0.1) is 15.6 Å². The van der Waals surface area contributed by atoms with Gasteiger partial charge in [0.2, 0.25) is 0 Å². The van der Waals surface area contributed by atoms with Gasteiger partial charge in [-0.25, -0.2) is 8.42 Å². The van der Waals surface area contributed by atoms with Crippen molar-refractivity contribution in [2.75, 3.05) is 4.72 Å². The fourth-order valence-corrected chi connectivity index (χ4v) is 3.42. The van der Waals surface area contributed by atoms with E-state index in [1.54, 1.807) is 30.3 Å². The summed E-state index contributed by atoms with van der Waals surface area (Å²) in [4.78, 5) is 0.191. The van der Waals surface area contributed by atoms with E-state index in [1.165, 1.54) is 12.1 Å². The van der Waals surface area contributed by atoms with Crippen LogP contribution in [0.4, 0.5) is 5.69 Å². The van der Waals surface area contributed by atoms with E-state index in [4.69, 9.17) is 29.6 Å². The number of hydrogen-bond acceptors (Lipinski definition) is 3. The second-order valence-electron chi connectivity index (χ2n) is 4.12. The normalized spacial score (nSPS) is 11.1. The molecule has 4 nitrogen and oxygen atoms in total. The van der Waals surface area contributed by atoms with Gasteiger partial charge in [-0.2, -0.15) is 0 Å². The maximum absolute atomic E-state index is 12.4. The van der Waals surface area contributed by atoms with Crippen molar-refractivity contribution in [2.24, 2.45) is 5.73 Å². The van der Waals surface area contributed by atoms with Crippen LogP contribution in [0.15, 0.2) is 51.8 Å². The molecule has 8 heteroatoms. The summed E-state index contributed by atoms with van der Waals surface area (Å²) in [6, 6.07) is 11.0. The van der Waals surface area contributed by atoms with Crippen LogP contribution in [-0.2, 0) is 10.0 Å². The average Bonchev–Trinajstić information content (AvgIpc) is 2.43. The van der Waals surface area contributed by atoms with Crippen molar-refractivity contribution in [3.63, 3.8) is 0 Å². The lowest BCUT2D eigenvalue weighted by Crippen LogP contribution is -2.15. The predicted octanol–water partition coefficient (Wildman–Crippen LogP) is 3.54. The lowest BCUT2D eigenvalue weighted by molar-refractivity contribution is 0.601. The summed E-state index contributed by atoms with van der Waals surface area (Å²) < 4.78 is 27.9. The first-order valence-corrected chi connectivity index (χ1v) is 8.73. The topological polar surface area (TPSA) is 72.2 Å². The lowest BCUT2D eigenvalue weighted by Gasteiger charge is -2.11. The zero-order chi connectivity index (χ0) is 15.6. The standard InChI is InChI=1S/C13H10BrClN2O2S2/c14-9-4-5-11(15)12(7-9)17-21(18,19)10-3-1-2-8(6-10)13(16)20/h1-7,17H,(H2,16,20). The minimum absolute atomic E-state index is 0.0591. The maximum atomic E-state index is 12.4. The summed E-state index contributed by atoms with van der Waals surface area (Å²) in [5.41, 5.74) is 6.28. The number of sulfonamides is 1. The molecule has 0 unspecified atom stereocenters. The van der Waals surface area contributed by atoms with Crippen molar-refractivity contribution in [3.05, 3.63) is 57.5 Å². The van der Waals surface area contributed by atoms with Crippen LogP contribution in [0, 0.1) is 0 Å². The van der Waals surface area contributed by atoms with E-state index in [0.29, 0.717) is 15.1 Å². The number of halogens is 2. The molecule has 0 aliphatic heterocycles. The van der Waals surface area contributed by atoms with E-state index < -0.39 is 10.0 Å². The highest BCUT2D eigenvalue weighted by Crippen LogP contribution is 2.28. The first-order chi connectivity index (χ1) is 9.79.